The van der Waals surface area contributed by atoms with Gasteiger partial charge in [0.2, 0.25) is 0 Å². The van der Waals surface area contributed by atoms with E-state index in [-0.39, 0.29) is 16.9 Å². The highest BCUT2D eigenvalue weighted by Gasteiger charge is 2.77. The van der Waals surface area contributed by atoms with Crippen molar-refractivity contribution >= 4 is 0 Å². The molecule has 0 N–H and O–H groups in total. The third-order valence-corrected chi connectivity index (χ3v) is 4.03. The summed E-state index contributed by atoms with van der Waals surface area (Å²) >= 11 is 0. The molecular formula is C12H22O4. The Morgan fingerprint density at radius 2 is 1.69 bits per heavy atom. The molecule has 94 valence electrons. The Kier molecular flexibility index (Phi) is 2.63. The molecule has 2 atom stereocenters. The molecule has 4 nitrogen and oxygen atoms in total. The molecule has 0 radical (unpaired) electrons. The summed E-state index contributed by atoms with van der Waals surface area (Å²) in [5.74, 6) is -0.436. The van der Waals surface area contributed by atoms with Gasteiger partial charge in [0.15, 0.2) is 0 Å². The monoisotopic (exact) mass is 230 g/mol. The van der Waals surface area contributed by atoms with Crippen molar-refractivity contribution in [2.24, 2.45) is 16.7 Å². The van der Waals surface area contributed by atoms with Crippen LogP contribution in [0.2, 0.25) is 0 Å². The average Bonchev–Trinajstić information content (AvgIpc) is 2.84. The first-order valence-corrected chi connectivity index (χ1v) is 5.94. The second-order valence-electron chi connectivity index (χ2n) is 6.47. The summed E-state index contributed by atoms with van der Waals surface area (Å²) in [7, 11) is 0. The van der Waals surface area contributed by atoms with Gasteiger partial charge in [-0.2, -0.15) is 14.7 Å². The van der Waals surface area contributed by atoms with Crippen molar-refractivity contribution in [2.75, 3.05) is 0 Å². The molecule has 2 rings (SSSR count). The zero-order chi connectivity index (χ0) is 12.2. The first-order chi connectivity index (χ1) is 7.23. The van der Waals surface area contributed by atoms with Crippen molar-refractivity contribution in [1.82, 2.24) is 0 Å². The molecule has 16 heavy (non-hydrogen) atoms. The molecule has 2 fully saturated rings. The summed E-state index contributed by atoms with van der Waals surface area (Å²) in [6.07, 6.45) is 0.928. The summed E-state index contributed by atoms with van der Waals surface area (Å²) in [6, 6.07) is 0. The molecule has 0 aromatic carbocycles. The standard InChI is InChI=1S/C12H22O4/c1-8(2)7-9-11(6,10(3,4)5)12(14-13-9)15-16-12/h8-9H,7H2,1-6H3. The van der Waals surface area contributed by atoms with Crippen LogP contribution in [0.5, 0.6) is 0 Å². The third-order valence-electron chi connectivity index (χ3n) is 4.03. The van der Waals surface area contributed by atoms with Gasteiger partial charge in [0, 0.05) is 0 Å². The van der Waals surface area contributed by atoms with Crippen LogP contribution < -0.4 is 0 Å². The van der Waals surface area contributed by atoms with Crippen molar-refractivity contribution in [2.45, 2.75) is 60.0 Å². The van der Waals surface area contributed by atoms with E-state index >= 15 is 0 Å². The highest BCUT2D eigenvalue weighted by atomic mass is 17.5. The van der Waals surface area contributed by atoms with Crippen LogP contribution in [0.1, 0.15) is 48.0 Å². The minimum Gasteiger partial charge on any atom is -0.227 e. The smallest absolute Gasteiger partial charge is 0.227 e. The van der Waals surface area contributed by atoms with E-state index < -0.39 is 5.97 Å². The van der Waals surface area contributed by atoms with Gasteiger partial charge in [-0.15, -0.1) is 0 Å². The van der Waals surface area contributed by atoms with Crippen LogP contribution in [0.3, 0.4) is 0 Å². The van der Waals surface area contributed by atoms with Gasteiger partial charge in [0.05, 0.1) is 5.41 Å². The number of rotatable bonds is 2. The minimum absolute atomic E-state index is 0.00463. The van der Waals surface area contributed by atoms with Gasteiger partial charge in [-0.1, -0.05) is 34.6 Å². The summed E-state index contributed by atoms with van der Waals surface area (Å²) in [4.78, 5) is 20.8. The van der Waals surface area contributed by atoms with Crippen LogP contribution in [0.25, 0.3) is 0 Å². The van der Waals surface area contributed by atoms with Crippen molar-refractivity contribution in [3.63, 3.8) is 0 Å². The highest BCUT2D eigenvalue weighted by molar-refractivity contribution is 5.03. The molecule has 2 saturated heterocycles. The van der Waals surface area contributed by atoms with E-state index in [9.17, 15) is 0 Å². The first kappa shape index (κ1) is 12.3. The molecule has 4 heteroatoms. The molecule has 0 saturated carbocycles. The molecule has 2 aliphatic rings. The fourth-order valence-corrected chi connectivity index (χ4v) is 2.39. The lowest BCUT2D eigenvalue weighted by Gasteiger charge is -2.40. The zero-order valence-electron chi connectivity index (χ0n) is 11.0. The quantitative estimate of drug-likeness (QED) is 0.540. The van der Waals surface area contributed by atoms with E-state index in [0.717, 1.165) is 6.42 Å². The molecule has 0 bridgehead atoms. The van der Waals surface area contributed by atoms with Gasteiger partial charge in [-0.25, -0.2) is 4.89 Å². The maximum absolute atomic E-state index is 5.43. The Morgan fingerprint density at radius 3 is 2.06 bits per heavy atom. The zero-order valence-corrected chi connectivity index (χ0v) is 11.0. The Hall–Kier alpha value is -0.160. The molecule has 2 heterocycles. The van der Waals surface area contributed by atoms with E-state index in [4.69, 9.17) is 19.6 Å². The van der Waals surface area contributed by atoms with E-state index in [2.05, 4.69) is 41.5 Å². The molecule has 0 aliphatic carbocycles. The lowest BCUT2D eigenvalue weighted by Crippen LogP contribution is -2.49. The minimum atomic E-state index is -0.981. The van der Waals surface area contributed by atoms with Crippen LogP contribution in [-0.2, 0) is 19.6 Å². The van der Waals surface area contributed by atoms with Crippen molar-refractivity contribution in [3.05, 3.63) is 0 Å². The second kappa shape index (κ2) is 3.42. The highest BCUT2D eigenvalue weighted by Crippen LogP contribution is 2.63. The topological polar surface area (TPSA) is 43.5 Å². The summed E-state index contributed by atoms with van der Waals surface area (Å²) in [6.45, 7) is 12.9. The molecular weight excluding hydrogens is 208 g/mol. The number of hydrogen-bond acceptors (Lipinski definition) is 4. The van der Waals surface area contributed by atoms with Gasteiger partial charge in [0.25, 0.3) is 0 Å². The fraction of sp³-hybridized carbons (Fsp3) is 1.00. The Bertz CT molecular complexity index is 277. The van der Waals surface area contributed by atoms with Gasteiger partial charge < -0.3 is 0 Å². The van der Waals surface area contributed by atoms with Crippen LogP contribution in [0.15, 0.2) is 0 Å². The van der Waals surface area contributed by atoms with E-state index in [0.29, 0.717) is 5.92 Å². The second-order valence-corrected chi connectivity index (χ2v) is 6.47. The Balaban J connectivity index is 2.28. The Morgan fingerprint density at radius 1 is 1.12 bits per heavy atom. The predicted octanol–water partition coefficient (Wildman–Crippen LogP) is 3.03. The van der Waals surface area contributed by atoms with Crippen LogP contribution in [0.4, 0.5) is 0 Å². The normalized spacial score (nSPS) is 37.3. The maximum Gasteiger partial charge on any atom is 0.374 e. The van der Waals surface area contributed by atoms with Crippen LogP contribution in [0, 0.1) is 16.7 Å². The van der Waals surface area contributed by atoms with Crippen molar-refractivity contribution in [3.8, 4) is 0 Å². The molecule has 0 aromatic heterocycles. The molecule has 2 unspecified atom stereocenters. The van der Waals surface area contributed by atoms with Gasteiger partial charge in [-0.3, -0.25) is 0 Å². The SMILES string of the molecule is CC(C)CC1OOC2(OO2)C1(C)C(C)(C)C. The van der Waals surface area contributed by atoms with Crippen LogP contribution in [-0.4, -0.2) is 12.1 Å². The van der Waals surface area contributed by atoms with Crippen molar-refractivity contribution in [1.29, 1.82) is 0 Å². The molecule has 1 spiro atoms. The Labute approximate surface area is 97.1 Å². The number of hydrogen-bond donors (Lipinski definition) is 0. The largest absolute Gasteiger partial charge is 0.374 e. The lowest BCUT2D eigenvalue weighted by molar-refractivity contribution is -0.332. The summed E-state index contributed by atoms with van der Waals surface area (Å²) in [5, 5.41) is 0. The summed E-state index contributed by atoms with van der Waals surface area (Å²) < 4.78 is 0. The first-order valence-electron chi connectivity index (χ1n) is 5.94. The maximum atomic E-state index is 5.43. The van der Waals surface area contributed by atoms with Gasteiger partial charge >= 0.3 is 5.97 Å². The molecule has 0 aromatic rings. The fourth-order valence-electron chi connectivity index (χ4n) is 2.39. The van der Waals surface area contributed by atoms with Gasteiger partial charge in [0.1, 0.15) is 6.10 Å². The van der Waals surface area contributed by atoms with E-state index in [1.54, 1.807) is 0 Å². The predicted molar refractivity (Wildman–Crippen MR) is 57.9 cm³/mol. The van der Waals surface area contributed by atoms with E-state index in [1.165, 1.54) is 0 Å². The molecule has 2 aliphatic heterocycles. The summed E-state index contributed by atoms with van der Waals surface area (Å²) in [5.41, 5.74) is -0.330. The molecule has 0 amide bonds. The van der Waals surface area contributed by atoms with Crippen molar-refractivity contribution < 1.29 is 19.6 Å². The lowest BCUT2D eigenvalue weighted by atomic mass is 9.62. The van der Waals surface area contributed by atoms with E-state index in [1.807, 2.05) is 0 Å². The average molecular weight is 230 g/mol. The van der Waals surface area contributed by atoms with Crippen LogP contribution >= 0.6 is 0 Å². The third kappa shape index (κ3) is 1.51. The van der Waals surface area contributed by atoms with Gasteiger partial charge in [-0.05, 0) is 24.7 Å².